The van der Waals surface area contributed by atoms with Crippen LogP contribution in [0.25, 0.3) is 0 Å². The van der Waals surface area contributed by atoms with Gasteiger partial charge in [-0.15, -0.1) is 0 Å². The van der Waals surface area contributed by atoms with Gasteiger partial charge < -0.3 is 34.3 Å². The third kappa shape index (κ3) is 33.3. The molecule has 0 aromatic carbocycles. The Morgan fingerprint density at radius 3 is 1.63 bits per heavy atom. The van der Waals surface area contributed by atoms with E-state index in [1.807, 2.05) is 0 Å². The summed E-state index contributed by atoms with van der Waals surface area (Å²) >= 11 is 0. The first-order chi connectivity index (χ1) is 30.1. The number of unbranched alkanes of at least 4 members (excludes halogenated alkanes) is 18. The van der Waals surface area contributed by atoms with Gasteiger partial charge in [-0.2, -0.15) is 8.42 Å². The van der Waals surface area contributed by atoms with Gasteiger partial charge in [0.05, 0.1) is 19.8 Å². The van der Waals surface area contributed by atoms with Crippen LogP contribution in [0.3, 0.4) is 0 Å². The molecule has 0 bridgehead atoms. The number of allylic oxidation sites excluding steroid dienone is 10. The monoisotopic (exact) mass is 899 g/mol. The summed E-state index contributed by atoms with van der Waals surface area (Å²) in [5.41, 5.74) is 0. The van der Waals surface area contributed by atoms with E-state index in [0.717, 1.165) is 83.5 Å². The highest BCUT2D eigenvalue weighted by Crippen LogP contribution is 2.26. The molecule has 0 aromatic rings. The average Bonchev–Trinajstić information content (AvgIpc) is 3.24. The number of esters is 1. The summed E-state index contributed by atoms with van der Waals surface area (Å²) in [5.74, 6) is -0.418. The van der Waals surface area contributed by atoms with Crippen molar-refractivity contribution in [2.75, 3.05) is 26.4 Å². The van der Waals surface area contributed by atoms with E-state index in [1.54, 1.807) is 0 Å². The quantitative estimate of drug-likeness (QED) is 0.0198. The van der Waals surface area contributed by atoms with Crippen LogP contribution in [0, 0.1) is 0 Å². The Labute approximate surface area is 376 Å². The van der Waals surface area contributed by atoms with E-state index in [1.165, 1.54) is 70.6 Å². The summed E-state index contributed by atoms with van der Waals surface area (Å²) in [7, 11) is -5.07. The van der Waals surface area contributed by atoms with Crippen LogP contribution < -0.4 is 0 Å². The van der Waals surface area contributed by atoms with Crippen molar-refractivity contribution in [1.82, 2.24) is 0 Å². The first kappa shape index (κ1) is 57.8. The van der Waals surface area contributed by atoms with Crippen LogP contribution in [0.2, 0.25) is 0 Å². The maximum absolute atomic E-state index is 12.9. The fraction of sp³-hybridized carbons (Fsp3) is 0.776. The molecule has 1 aliphatic heterocycles. The number of aliphatic hydroxyl groups is 3. The molecule has 1 saturated heterocycles. The average molecular weight is 899 g/mol. The fourth-order valence-electron chi connectivity index (χ4n) is 7.05. The molecule has 0 saturated carbocycles. The molecule has 360 valence electrons. The number of hydrogen-bond acceptors (Lipinski definition) is 11. The molecular formula is C49H86O12S. The molecule has 0 aromatic heterocycles. The van der Waals surface area contributed by atoms with Gasteiger partial charge in [0.2, 0.25) is 0 Å². The molecule has 1 heterocycles. The predicted molar refractivity (Wildman–Crippen MR) is 248 cm³/mol. The van der Waals surface area contributed by atoms with Gasteiger partial charge in [-0.05, 0) is 57.8 Å². The summed E-state index contributed by atoms with van der Waals surface area (Å²) in [5, 5.41) is 30.7. The van der Waals surface area contributed by atoms with Gasteiger partial charge in [0, 0.05) is 13.0 Å². The van der Waals surface area contributed by atoms with Gasteiger partial charge in [-0.25, -0.2) is 4.18 Å². The van der Waals surface area contributed by atoms with Crippen LogP contribution in [-0.2, 0) is 38.3 Å². The summed E-state index contributed by atoms with van der Waals surface area (Å²) in [4.78, 5) is 12.9. The number of ether oxygens (including phenoxy) is 4. The van der Waals surface area contributed by atoms with Gasteiger partial charge in [0.15, 0.2) is 6.29 Å². The van der Waals surface area contributed by atoms with Gasteiger partial charge >= 0.3 is 16.4 Å². The summed E-state index contributed by atoms with van der Waals surface area (Å²) in [6, 6.07) is 0. The van der Waals surface area contributed by atoms with Crippen molar-refractivity contribution in [2.45, 2.75) is 218 Å². The molecule has 4 N–H and O–H groups in total. The van der Waals surface area contributed by atoms with E-state index in [9.17, 15) is 33.1 Å². The molecule has 1 fully saturated rings. The third-order valence-electron chi connectivity index (χ3n) is 10.7. The van der Waals surface area contributed by atoms with Crippen LogP contribution >= 0.6 is 0 Å². The lowest BCUT2D eigenvalue weighted by Crippen LogP contribution is -2.60. The first-order valence-corrected chi connectivity index (χ1v) is 25.4. The summed E-state index contributed by atoms with van der Waals surface area (Å²) in [6.07, 6.45) is 41.0. The molecule has 0 amide bonds. The van der Waals surface area contributed by atoms with Crippen molar-refractivity contribution >= 4 is 16.4 Å². The van der Waals surface area contributed by atoms with Crippen LogP contribution in [-0.4, -0.2) is 97.5 Å². The Bertz CT molecular complexity index is 1310. The second-order valence-electron chi connectivity index (χ2n) is 16.3. The highest BCUT2D eigenvalue weighted by Gasteiger charge is 2.48. The van der Waals surface area contributed by atoms with Gasteiger partial charge in [-0.1, -0.05) is 177 Å². The Balaban J connectivity index is 2.41. The number of carbonyl (C=O) groups is 1. The minimum atomic E-state index is -5.07. The fourth-order valence-corrected chi connectivity index (χ4v) is 7.56. The summed E-state index contributed by atoms with van der Waals surface area (Å²) in [6.45, 7) is 3.86. The molecule has 62 heavy (non-hydrogen) atoms. The molecule has 1 rings (SSSR count). The zero-order valence-corrected chi connectivity index (χ0v) is 39.2. The molecule has 6 unspecified atom stereocenters. The third-order valence-corrected chi connectivity index (χ3v) is 11.1. The second kappa shape index (κ2) is 40.3. The van der Waals surface area contributed by atoms with Crippen LogP contribution in [0.15, 0.2) is 60.8 Å². The Kier molecular flexibility index (Phi) is 37.6. The number of rotatable bonds is 41. The van der Waals surface area contributed by atoms with Crippen molar-refractivity contribution < 1.29 is 56.2 Å². The lowest BCUT2D eigenvalue weighted by Gasteiger charge is -2.41. The standard InChI is InChI=1S/C49H86O12S/c1-3-5-7-9-11-13-15-17-19-20-21-22-23-24-25-26-28-30-32-34-36-38-45(51)59-43(41-57-39-37-35-33-31-29-27-18-16-14-12-10-8-6-4-2)42-58-49-47(53)48(61-62(54,55)56)46(52)44(40-50)60-49/h5,7,11,13,17,19,21-22,24-25,43-44,46-50,52-53H,3-4,6,8-10,12,14-16,18,20,23,26-42H2,1-2H3,(H,54,55,56)/b7-5-,13-11-,19-17-,22-21-,25-24-. The van der Waals surface area contributed by atoms with E-state index >= 15 is 0 Å². The van der Waals surface area contributed by atoms with Gasteiger partial charge in [0.25, 0.3) is 0 Å². The Hall–Kier alpha value is -2.20. The highest BCUT2D eigenvalue weighted by molar-refractivity contribution is 7.80. The SMILES string of the molecule is CC/C=C\C/C=C\C/C=C\C/C=C\C/C=C\CCCCCCCC(=O)OC(COCCCCCCCCCCCCCCCC)COC1OC(CO)C(O)C(OS(=O)(=O)O)C1O. The second-order valence-corrected chi connectivity index (χ2v) is 17.4. The zero-order chi connectivity index (χ0) is 45.4. The first-order valence-electron chi connectivity index (χ1n) is 24.0. The van der Waals surface area contributed by atoms with E-state index < -0.39 is 59.8 Å². The highest BCUT2D eigenvalue weighted by atomic mass is 32.3. The van der Waals surface area contributed by atoms with E-state index in [2.05, 4.69) is 78.8 Å². The van der Waals surface area contributed by atoms with E-state index in [-0.39, 0.29) is 19.6 Å². The number of carbonyl (C=O) groups excluding carboxylic acids is 1. The van der Waals surface area contributed by atoms with E-state index in [4.69, 9.17) is 18.9 Å². The Morgan fingerprint density at radius 1 is 0.629 bits per heavy atom. The van der Waals surface area contributed by atoms with Crippen LogP contribution in [0.1, 0.15) is 181 Å². The normalized spacial score (nSPS) is 20.5. The molecule has 12 nitrogen and oxygen atoms in total. The Morgan fingerprint density at radius 2 is 1.11 bits per heavy atom. The maximum atomic E-state index is 12.9. The van der Waals surface area contributed by atoms with Crippen LogP contribution in [0.5, 0.6) is 0 Å². The number of aliphatic hydroxyl groups excluding tert-OH is 3. The largest absolute Gasteiger partial charge is 0.457 e. The predicted octanol–water partition coefficient (Wildman–Crippen LogP) is 10.5. The molecule has 0 aliphatic carbocycles. The minimum Gasteiger partial charge on any atom is -0.457 e. The van der Waals surface area contributed by atoms with Crippen LogP contribution in [0.4, 0.5) is 0 Å². The lowest BCUT2D eigenvalue weighted by molar-refractivity contribution is -0.301. The number of hydrogen-bond donors (Lipinski definition) is 4. The molecule has 0 radical (unpaired) electrons. The maximum Gasteiger partial charge on any atom is 0.397 e. The van der Waals surface area contributed by atoms with Crippen molar-refractivity contribution in [3.63, 3.8) is 0 Å². The molecule has 1 aliphatic rings. The molecule has 13 heteroatoms. The van der Waals surface area contributed by atoms with Crippen molar-refractivity contribution in [3.8, 4) is 0 Å². The molecule has 0 spiro atoms. The van der Waals surface area contributed by atoms with Gasteiger partial charge in [-0.3, -0.25) is 9.35 Å². The lowest BCUT2D eigenvalue weighted by atomic mass is 9.99. The molecular weight excluding hydrogens is 813 g/mol. The molecule has 6 atom stereocenters. The van der Waals surface area contributed by atoms with Crippen molar-refractivity contribution in [2.24, 2.45) is 0 Å². The van der Waals surface area contributed by atoms with Crippen molar-refractivity contribution in [1.29, 1.82) is 0 Å². The van der Waals surface area contributed by atoms with Gasteiger partial charge in [0.1, 0.15) is 30.5 Å². The zero-order valence-electron chi connectivity index (χ0n) is 38.4. The summed E-state index contributed by atoms with van der Waals surface area (Å²) < 4.78 is 59.1. The minimum absolute atomic E-state index is 0.0276. The smallest absolute Gasteiger partial charge is 0.397 e. The van der Waals surface area contributed by atoms with Crippen molar-refractivity contribution in [3.05, 3.63) is 60.8 Å². The topological polar surface area (TPSA) is 178 Å². The van der Waals surface area contributed by atoms with E-state index in [0.29, 0.717) is 13.0 Å².